The van der Waals surface area contributed by atoms with E-state index in [4.69, 9.17) is 5.73 Å². The third kappa shape index (κ3) is 3.92. The van der Waals surface area contributed by atoms with Gasteiger partial charge in [-0.05, 0) is 32.8 Å². The summed E-state index contributed by atoms with van der Waals surface area (Å²) >= 11 is 0. The van der Waals surface area contributed by atoms with Gasteiger partial charge in [0.15, 0.2) is 11.5 Å². The molecule has 3 N–H and O–H groups in total. The molecule has 5 rings (SSSR count). The molecule has 0 bridgehead atoms. The minimum Gasteiger partial charge on any atom is -0.383 e. The number of rotatable bonds is 6. The van der Waals surface area contributed by atoms with Gasteiger partial charge in [0, 0.05) is 13.0 Å². The first-order chi connectivity index (χ1) is 17.9. The molecular weight excluding hydrogens is 504 g/mol. The summed E-state index contributed by atoms with van der Waals surface area (Å²) in [4.78, 5) is 30.8. The summed E-state index contributed by atoms with van der Waals surface area (Å²) in [6.45, 7) is 4.45. The number of alkyl halides is 4. The van der Waals surface area contributed by atoms with Gasteiger partial charge in [0.2, 0.25) is 11.6 Å². The molecule has 9 nitrogen and oxygen atoms in total. The van der Waals surface area contributed by atoms with E-state index >= 15 is 0 Å². The Kier molecular flexibility index (Phi) is 5.84. The maximum absolute atomic E-state index is 14.3. The number of carbonyl (C=O) groups excluding carboxylic acids is 1. The number of nitrogens with two attached hydrogens (primary N) is 1. The highest BCUT2D eigenvalue weighted by Gasteiger charge is 2.51. The molecule has 0 fully saturated rings. The number of nitrogens with one attached hydrogen (secondary N) is 1. The Hall–Kier alpha value is -4.16. The van der Waals surface area contributed by atoms with Crippen molar-refractivity contribution in [3.63, 3.8) is 0 Å². The minimum absolute atomic E-state index is 0.0296. The van der Waals surface area contributed by atoms with E-state index < -0.39 is 30.1 Å². The van der Waals surface area contributed by atoms with Gasteiger partial charge in [0.25, 0.3) is 0 Å². The fourth-order valence-electron chi connectivity index (χ4n) is 4.56. The molecule has 38 heavy (non-hydrogen) atoms. The number of anilines is 2. The van der Waals surface area contributed by atoms with Crippen molar-refractivity contribution in [3.8, 4) is 11.5 Å². The smallest absolute Gasteiger partial charge is 0.383 e. The van der Waals surface area contributed by atoms with Crippen molar-refractivity contribution in [3.05, 3.63) is 53.5 Å². The van der Waals surface area contributed by atoms with Crippen LogP contribution in [0.5, 0.6) is 0 Å². The van der Waals surface area contributed by atoms with E-state index in [0.29, 0.717) is 35.6 Å². The van der Waals surface area contributed by atoms with Gasteiger partial charge in [-0.3, -0.25) is 4.79 Å². The number of benzene rings is 1. The SMILES string of the molecule is CCn1ncc2c(-c3nc(N)c4c(n3)NC(=O)C4(C)c3ccccc3)nc(CCC(C)(F)C(F)(F)F)nc21. The largest absolute Gasteiger partial charge is 0.422 e. The Bertz CT molecular complexity index is 1550. The van der Waals surface area contributed by atoms with Gasteiger partial charge < -0.3 is 11.1 Å². The van der Waals surface area contributed by atoms with E-state index in [0.717, 1.165) is 0 Å². The van der Waals surface area contributed by atoms with Crippen LogP contribution in [0.1, 0.15) is 44.1 Å². The molecule has 0 aliphatic carbocycles. The molecule has 0 radical (unpaired) electrons. The summed E-state index contributed by atoms with van der Waals surface area (Å²) in [6.07, 6.45) is -4.81. The molecular formula is C25H24F4N8O. The van der Waals surface area contributed by atoms with Crippen molar-refractivity contribution in [2.45, 2.75) is 57.4 Å². The molecule has 198 valence electrons. The van der Waals surface area contributed by atoms with Crippen molar-refractivity contribution >= 4 is 28.6 Å². The van der Waals surface area contributed by atoms with Crippen LogP contribution in [0.25, 0.3) is 22.6 Å². The second kappa shape index (κ2) is 8.71. The van der Waals surface area contributed by atoms with Crippen molar-refractivity contribution in [1.29, 1.82) is 0 Å². The second-order valence-electron chi connectivity index (χ2n) is 9.48. The molecule has 2 atom stereocenters. The zero-order valence-electron chi connectivity index (χ0n) is 20.8. The maximum atomic E-state index is 14.3. The number of amides is 1. The number of nitrogens with zero attached hydrogens (tertiary/aromatic N) is 6. The first-order valence-electron chi connectivity index (χ1n) is 11.9. The van der Waals surface area contributed by atoms with Gasteiger partial charge in [-0.15, -0.1) is 0 Å². The molecule has 4 heterocycles. The van der Waals surface area contributed by atoms with Crippen LogP contribution < -0.4 is 11.1 Å². The lowest BCUT2D eigenvalue weighted by atomic mass is 9.78. The molecule has 1 aliphatic heterocycles. The minimum atomic E-state index is -5.04. The van der Waals surface area contributed by atoms with E-state index in [9.17, 15) is 22.4 Å². The Morgan fingerprint density at radius 3 is 2.45 bits per heavy atom. The lowest BCUT2D eigenvalue weighted by Gasteiger charge is -2.23. The van der Waals surface area contributed by atoms with Crippen LogP contribution in [0.4, 0.5) is 29.2 Å². The van der Waals surface area contributed by atoms with Gasteiger partial charge in [-0.2, -0.15) is 18.3 Å². The molecule has 1 amide bonds. The molecule has 4 aromatic rings. The van der Waals surface area contributed by atoms with E-state index in [2.05, 4.69) is 30.4 Å². The van der Waals surface area contributed by atoms with Gasteiger partial charge in [-0.1, -0.05) is 30.3 Å². The molecule has 13 heteroatoms. The van der Waals surface area contributed by atoms with Gasteiger partial charge >= 0.3 is 6.18 Å². The number of hydrogen-bond acceptors (Lipinski definition) is 7. The number of aryl methyl sites for hydroxylation is 2. The standard InChI is InChI=1S/C25H24F4N8O/c1-4-37-21-14(12-31-37)17(32-15(33-21)10-11-23(2,26)25(27,28)29)20-34-18(30)16-19(35-20)36-22(38)24(16,3)13-8-6-5-7-9-13/h5-9,12H,4,10-11H2,1-3H3,(H3,30,34,35,36,38). The molecule has 0 spiro atoms. The summed E-state index contributed by atoms with van der Waals surface area (Å²) in [6, 6.07) is 9.06. The lowest BCUT2D eigenvalue weighted by molar-refractivity contribution is -0.225. The number of fused-ring (bicyclic) bond motifs is 2. The third-order valence-corrected chi connectivity index (χ3v) is 6.94. The third-order valence-electron chi connectivity index (χ3n) is 6.94. The van der Waals surface area contributed by atoms with Crippen molar-refractivity contribution in [2.75, 3.05) is 11.1 Å². The summed E-state index contributed by atoms with van der Waals surface area (Å²) in [5.74, 6) is -0.0926. The van der Waals surface area contributed by atoms with Crippen molar-refractivity contribution in [2.24, 2.45) is 0 Å². The highest BCUT2D eigenvalue weighted by molar-refractivity contribution is 6.09. The summed E-state index contributed by atoms with van der Waals surface area (Å²) in [5, 5.41) is 7.47. The van der Waals surface area contributed by atoms with E-state index in [1.807, 2.05) is 25.1 Å². The van der Waals surface area contributed by atoms with E-state index in [1.165, 1.54) is 10.9 Å². The molecule has 0 saturated carbocycles. The fourth-order valence-corrected chi connectivity index (χ4v) is 4.56. The van der Waals surface area contributed by atoms with Crippen LogP contribution in [0, 0.1) is 0 Å². The molecule has 1 aliphatic rings. The number of nitrogen functional groups attached to an aromatic ring is 1. The summed E-state index contributed by atoms with van der Waals surface area (Å²) in [5.41, 5.74) is 3.43. The number of carbonyl (C=O) groups is 1. The molecule has 1 aromatic carbocycles. The van der Waals surface area contributed by atoms with Crippen molar-refractivity contribution < 1.29 is 22.4 Å². The Balaban J connectivity index is 1.63. The first kappa shape index (κ1) is 25.5. The van der Waals surface area contributed by atoms with Crippen LogP contribution >= 0.6 is 0 Å². The van der Waals surface area contributed by atoms with Crippen LogP contribution in [0.3, 0.4) is 0 Å². The van der Waals surface area contributed by atoms with Gasteiger partial charge in [0.05, 0.1) is 17.1 Å². The van der Waals surface area contributed by atoms with Gasteiger partial charge in [-0.25, -0.2) is 29.0 Å². The zero-order valence-corrected chi connectivity index (χ0v) is 20.8. The quantitative estimate of drug-likeness (QED) is 0.356. The van der Waals surface area contributed by atoms with Crippen LogP contribution in [-0.2, 0) is 23.2 Å². The maximum Gasteiger partial charge on any atom is 0.422 e. The Morgan fingerprint density at radius 2 is 1.79 bits per heavy atom. The highest BCUT2D eigenvalue weighted by Crippen LogP contribution is 2.45. The predicted octanol–water partition coefficient (Wildman–Crippen LogP) is 4.37. The Morgan fingerprint density at radius 1 is 1.08 bits per heavy atom. The molecule has 3 aromatic heterocycles. The number of hydrogen-bond donors (Lipinski definition) is 2. The monoisotopic (exact) mass is 528 g/mol. The second-order valence-corrected chi connectivity index (χ2v) is 9.48. The highest BCUT2D eigenvalue weighted by atomic mass is 19.4. The van der Waals surface area contributed by atoms with Gasteiger partial charge in [0.1, 0.15) is 28.6 Å². The molecule has 0 saturated heterocycles. The average Bonchev–Trinajstić information content (AvgIpc) is 3.40. The Labute approximate surface area is 214 Å². The average molecular weight is 529 g/mol. The fraction of sp³-hybridized carbons (Fsp3) is 0.360. The normalized spacial score (nSPS) is 18.9. The zero-order chi connectivity index (χ0) is 27.5. The van der Waals surface area contributed by atoms with Crippen LogP contribution in [0.15, 0.2) is 36.5 Å². The first-order valence-corrected chi connectivity index (χ1v) is 11.9. The topological polar surface area (TPSA) is 124 Å². The number of aromatic nitrogens is 6. The van der Waals surface area contributed by atoms with E-state index in [-0.39, 0.29) is 34.9 Å². The van der Waals surface area contributed by atoms with Crippen LogP contribution in [0.2, 0.25) is 0 Å². The predicted molar refractivity (Wildman–Crippen MR) is 132 cm³/mol. The summed E-state index contributed by atoms with van der Waals surface area (Å²) < 4.78 is 55.1. The molecule has 2 unspecified atom stereocenters. The lowest BCUT2D eigenvalue weighted by Crippen LogP contribution is -2.38. The van der Waals surface area contributed by atoms with Crippen molar-refractivity contribution in [1.82, 2.24) is 29.7 Å². The van der Waals surface area contributed by atoms with E-state index in [1.54, 1.807) is 19.1 Å². The number of halogens is 4. The van der Waals surface area contributed by atoms with Crippen LogP contribution in [-0.4, -0.2) is 47.5 Å². The summed E-state index contributed by atoms with van der Waals surface area (Å²) in [7, 11) is 0.